The van der Waals surface area contributed by atoms with Gasteiger partial charge in [0.15, 0.2) is 0 Å². The van der Waals surface area contributed by atoms with Crippen LogP contribution in [0.1, 0.15) is 5.69 Å². The maximum Gasteiger partial charge on any atom is 0.296 e. The van der Waals surface area contributed by atoms with Crippen molar-refractivity contribution in [3.8, 4) is 23.0 Å². The summed E-state index contributed by atoms with van der Waals surface area (Å²) >= 11 is 0. The molecule has 0 atom stereocenters. The largest absolute Gasteiger partial charge is 0.399 e. The lowest BCUT2D eigenvalue weighted by Gasteiger charge is -1.94. The van der Waals surface area contributed by atoms with E-state index in [1.807, 2.05) is 19.1 Å². The molecular formula is C12H10N4O2. The Kier molecular flexibility index (Phi) is 2.33. The van der Waals surface area contributed by atoms with Crippen molar-refractivity contribution in [2.45, 2.75) is 6.92 Å². The van der Waals surface area contributed by atoms with E-state index in [2.05, 4.69) is 15.3 Å². The van der Waals surface area contributed by atoms with Crippen molar-refractivity contribution in [1.82, 2.24) is 15.3 Å². The second kappa shape index (κ2) is 3.99. The van der Waals surface area contributed by atoms with Gasteiger partial charge in [-0.15, -0.1) is 0 Å². The maximum absolute atomic E-state index is 5.70. The van der Waals surface area contributed by atoms with Crippen LogP contribution in [-0.4, -0.2) is 15.3 Å². The van der Waals surface area contributed by atoms with E-state index in [1.165, 1.54) is 0 Å². The Morgan fingerprint density at radius 1 is 1.11 bits per heavy atom. The Morgan fingerprint density at radius 2 is 2.00 bits per heavy atom. The summed E-state index contributed by atoms with van der Waals surface area (Å²) < 4.78 is 10.2. The summed E-state index contributed by atoms with van der Waals surface area (Å²) in [5.74, 6) is 1.22. The fourth-order valence-electron chi connectivity index (χ4n) is 1.58. The summed E-state index contributed by atoms with van der Waals surface area (Å²) in [6.07, 6.45) is 0. The number of aryl methyl sites for hydroxylation is 1. The SMILES string of the molecule is Cc1cc(-c2nc(-c3cccc(N)c3)no2)on1. The van der Waals surface area contributed by atoms with E-state index in [0.29, 0.717) is 23.2 Å². The van der Waals surface area contributed by atoms with E-state index in [-0.39, 0.29) is 0 Å². The number of nitrogens with zero attached hydrogens (tertiary/aromatic N) is 3. The predicted octanol–water partition coefficient (Wildman–Crippen LogP) is 2.28. The van der Waals surface area contributed by atoms with Gasteiger partial charge >= 0.3 is 0 Å². The molecule has 1 aromatic carbocycles. The number of aromatic nitrogens is 3. The first kappa shape index (κ1) is 10.5. The molecule has 0 unspecified atom stereocenters. The third-order valence-corrected chi connectivity index (χ3v) is 2.41. The van der Waals surface area contributed by atoms with Crippen LogP contribution in [0, 0.1) is 6.92 Å². The van der Waals surface area contributed by atoms with Gasteiger partial charge in [0.25, 0.3) is 5.89 Å². The van der Waals surface area contributed by atoms with Crippen molar-refractivity contribution in [3.05, 3.63) is 36.0 Å². The lowest BCUT2D eigenvalue weighted by molar-refractivity contribution is 0.383. The van der Waals surface area contributed by atoms with Crippen molar-refractivity contribution < 1.29 is 9.05 Å². The Bertz CT molecular complexity index is 687. The summed E-state index contributed by atoms with van der Waals surface area (Å²) in [7, 11) is 0. The highest BCUT2D eigenvalue weighted by molar-refractivity contribution is 5.62. The van der Waals surface area contributed by atoms with Crippen molar-refractivity contribution in [3.63, 3.8) is 0 Å². The second-order valence-corrected chi connectivity index (χ2v) is 3.88. The van der Waals surface area contributed by atoms with Crippen LogP contribution in [0.2, 0.25) is 0 Å². The number of benzene rings is 1. The molecule has 2 heterocycles. The van der Waals surface area contributed by atoms with Gasteiger partial charge in [0.05, 0.1) is 5.69 Å². The Balaban J connectivity index is 1.99. The van der Waals surface area contributed by atoms with Gasteiger partial charge in [-0.1, -0.05) is 22.4 Å². The molecule has 0 radical (unpaired) electrons. The molecule has 0 spiro atoms. The van der Waals surface area contributed by atoms with Gasteiger partial charge in [0.2, 0.25) is 11.6 Å². The number of nitrogens with two attached hydrogens (primary N) is 1. The van der Waals surface area contributed by atoms with E-state index in [0.717, 1.165) is 11.3 Å². The number of hydrogen-bond donors (Lipinski definition) is 1. The first-order valence-corrected chi connectivity index (χ1v) is 5.36. The van der Waals surface area contributed by atoms with E-state index in [4.69, 9.17) is 14.8 Å². The number of nitrogen functional groups attached to an aromatic ring is 1. The molecule has 0 aliphatic heterocycles. The average Bonchev–Trinajstić information content (AvgIpc) is 2.97. The van der Waals surface area contributed by atoms with Gasteiger partial charge in [-0.25, -0.2) is 0 Å². The molecule has 6 heteroatoms. The third-order valence-electron chi connectivity index (χ3n) is 2.41. The lowest BCUT2D eigenvalue weighted by atomic mass is 10.2. The molecule has 2 aromatic heterocycles. The topological polar surface area (TPSA) is 91.0 Å². The zero-order valence-corrected chi connectivity index (χ0v) is 9.62. The van der Waals surface area contributed by atoms with E-state index in [1.54, 1.807) is 18.2 Å². The Hall–Kier alpha value is -2.63. The van der Waals surface area contributed by atoms with Gasteiger partial charge in [0.1, 0.15) is 0 Å². The van der Waals surface area contributed by atoms with Crippen LogP contribution < -0.4 is 5.73 Å². The molecule has 0 saturated heterocycles. The highest BCUT2D eigenvalue weighted by Gasteiger charge is 2.14. The molecule has 0 aliphatic carbocycles. The smallest absolute Gasteiger partial charge is 0.296 e. The van der Waals surface area contributed by atoms with E-state index < -0.39 is 0 Å². The quantitative estimate of drug-likeness (QED) is 0.693. The minimum absolute atomic E-state index is 0.299. The van der Waals surface area contributed by atoms with Crippen LogP contribution in [0.3, 0.4) is 0 Å². The average molecular weight is 242 g/mol. The van der Waals surface area contributed by atoms with Crippen LogP contribution >= 0.6 is 0 Å². The van der Waals surface area contributed by atoms with E-state index in [9.17, 15) is 0 Å². The second-order valence-electron chi connectivity index (χ2n) is 3.88. The monoisotopic (exact) mass is 242 g/mol. The molecule has 90 valence electrons. The van der Waals surface area contributed by atoms with Crippen LogP contribution in [0.25, 0.3) is 23.0 Å². The van der Waals surface area contributed by atoms with Crippen molar-refractivity contribution in [1.29, 1.82) is 0 Å². The lowest BCUT2D eigenvalue weighted by Crippen LogP contribution is -1.86. The third kappa shape index (κ3) is 1.84. The zero-order valence-electron chi connectivity index (χ0n) is 9.62. The zero-order chi connectivity index (χ0) is 12.5. The summed E-state index contributed by atoms with van der Waals surface area (Å²) in [5.41, 5.74) is 7.90. The van der Waals surface area contributed by atoms with Gasteiger partial charge in [-0.05, 0) is 19.1 Å². The number of rotatable bonds is 2. The fourth-order valence-corrected chi connectivity index (χ4v) is 1.58. The summed E-state index contributed by atoms with van der Waals surface area (Å²) in [6.45, 7) is 1.82. The molecule has 0 aliphatic rings. The van der Waals surface area contributed by atoms with Crippen molar-refractivity contribution >= 4 is 5.69 Å². The predicted molar refractivity (Wildman–Crippen MR) is 64.4 cm³/mol. The summed E-state index contributed by atoms with van der Waals surface area (Å²) in [5, 5.41) is 7.65. The summed E-state index contributed by atoms with van der Waals surface area (Å²) in [6, 6.07) is 9.00. The van der Waals surface area contributed by atoms with Gasteiger partial charge < -0.3 is 14.8 Å². The summed E-state index contributed by atoms with van der Waals surface area (Å²) in [4.78, 5) is 4.24. The maximum atomic E-state index is 5.70. The van der Waals surface area contributed by atoms with Crippen molar-refractivity contribution in [2.24, 2.45) is 0 Å². The normalized spacial score (nSPS) is 10.7. The highest BCUT2D eigenvalue weighted by atomic mass is 16.5. The molecule has 6 nitrogen and oxygen atoms in total. The number of hydrogen-bond acceptors (Lipinski definition) is 6. The van der Waals surface area contributed by atoms with Crippen LogP contribution in [0.5, 0.6) is 0 Å². The molecule has 0 fully saturated rings. The fraction of sp³-hybridized carbons (Fsp3) is 0.0833. The highest BCUT2D eigenvalue weighted by Crippen LogP contribution is 2.23. The number of anilines is 1. The standard InChI is InChI=1S/C12H10N4O2/c1-7-5-10(17-15-7)12-14-11(16-18-12)8-3-2-4-9(13)6-8/h2-6H,13H2,1H3. The molecular weight excluding hydrogens is 232 g/mol. The molecule has 3 aromatic rings. The van der Waals surface area contributed by atoms with Crippen LogP contribution in [0.4, 0.5) is 5.69 Å². The van der Waals surface area contributed by atoms with Gasteiger partial charge in [0, 0.05) is 17.3 Å². The first-order valence-electron chi connectivity index (χ1n) is 5.36. The first-order chi connectivity index (χ1) is 8.72. The van der Waals surface area contributed by atoms with Gasteiger partial charge in [-0.3, -0.25) is 0 Å². The molecule has 0 amide bonds. The molecule has 18 heavy (non-hydrogen) atoms. The minimum atomic E-state index is 0.299. The van der Waals surface area contributed by atoms with Crippen molar-refractivity contribution in [2.75, 3.05) is 5.73 Å². The Morgan fingerprint density at radius 3 is 2.72 bits per heavy atom. The molecule has 2 N–H and O–H groups in total. The molecule has 3 rings (SSSR count). The minimum Gasteiger partial charge on any atom is -0.399 e. The van der Waals surface area contributed by atoms with Crippen LogP contribution in [0.15, 0.2) is 39.4 Å². The van der Waals surface area contributed by atoms with Crippen LogP contribution in [-0.2, 0) is 0 Å². The Labute approximate surface area is 102 Å². The van der Waals surface area contributed by atoms with E-state index >= 15 is 0 Å². The molecule has 0 saturated carbocycles. The van der Waals surface area contributed by atoms with Gasteiger partial charge in [-0.2, -0.15) is 4.98 Å². The molecule has 0 bridgehead atoms.